The molecule has 3 amide bonds. The number of nitrogens with zero attached hydrogens (tertiary/aromatic N) is 1. The number of rotatable bonds is 2. The van der Waals surface area contributed by atoms with Gasteiger partial charge >= 0.3 is 6.03 Å². The van der Waals surface area contributed by atoms with E-state index in [9.17, 15) is 9.59 Å². The third kappa shape index (κ3) is 1.65. The van der Waals surface area contributed by atoms with Crippen LogP contribution in [0, 0.1) is 0 Å². The van der Waals surface area contributed by atoms with Crippen molar-refractivity contribution < 1.29 is 14.3 Å². The lowest BCUT2D eigenvalue weighted by Gasteiger charge is -2.16. The molecule has 13 heavy (non-hydrogen) atoms. The van der Waals surface area contributed by atoms with E-state index in [0.29, 0.717) is 6.54 Å². The smallest absolute Gasteiger partial charge is 0.324 e. The zero-order chi connectivity index (χ0) is 9.26. The average molecular weight is 184 g/mol. The summed E-state index contributed by atoms with van der Waals surface area (Å²) in [6.07, 6.45) is 2.01. The van der Waals surface area contributed by atoms with Crippen LogP contribution in [0.2, 0.25) is 0 Å². The van der Waals surface area contributed by atoms with E-state index in [-0.39, 0.29) is 24.6 Å². The Hall–Kier alpha value is -1.10. The Kier molecular flexibility index (Phi) is 2.18. The van der Waals surface area contributed by atoms with Crippen LogP contribution in [0.5, 0.6) is 0 Å². The highest BCUT2D eigenvalue weighted by atomic mass is 16.5. The second-order valence-electron chi connectivity index (χ2n) is 3.30. The molecule has 5 nitrogen and oxygen atoms in total. The molecule has 0 saturated carbocycles. The Morgan fingerprint density at radius 1 is 1.54 bits per heavy atom. The van der Waals surface area contributed by atoms with Crippen LogP contribution in [0.3, 0.4) is 0 Å². The normalized spacial score (nSPS) is 28.3. The maximum atomic E-state index is 11.2. The van der Waals surface area contributed by atoms with E-state index < -0.39 is 0 Å². The highest BCUT2D eigenvalue weighted by molar-refractivity contribution is 6.01. The first-order valence-corrected chi connectivity index (χ1v) is 4.47. The van der Waals surface area contributed by atoms with E-state index in [0.717, 1.165) is 19.4 Å². The fourth-order valence-corrected chi connectivity index (χ4v) is 1.63. The Morgan fingerprint density at radius 2 is 2.38 bits per heavy atom. The summed E-state index contributed by atoms with van der Waals surface area (Å²) in [5.41, 5.74) is 0. The zero-order valence-electron chi connectivity index (χ0n) is 7.28. The van der Waals surface area contributed by atoms with E-state index in [1.807, 2.05) is 0 Å². The molecule has 72 valence electrons. The van der Waals surface area contributed by atoms with Gasteiger partial charge in [-0.3, -0.25) is 9.69 Å². The largest absolute Gasteiger partial charge is 0.376 e. The average Bonchev–Trinajstić information content (AvgIpc) is 2.70. The molecule has 2 aliphatic rings. The SMILES string of the molecule is O=C1CNC(=O)N1CC1CCCO1. The predicted molar refractivity (Wildman–Crippen MR) is 44.1 cm³/mol. The van der Waals surface area contributed by atoms with Crippen molar-refractivity contribution in [3.05, 3.63) is 0 Å². The van der Waals surface area contributed by atoms with E-state index in [1.54, 1.807) is 0 Å². The molecule has 5 heteroatoms. The molecule has 2 rings (SSSR count). The molecule has 0 radical (unpaired) electrons. The van der Waals surface area contributed by atoms with E-state index in [4.69, 9.17) is 4.74 Å². The lowest BCUT2D eigenvalue weighted by molar-refractivity contribution is -0.126. The summed E-state index contributed by atoms with van der Waals surface area (Å²) in [7, 11) is 0. The van der Waals surface area contributed by atoms with Crippen LogP contribution >= 0.6 is 0 Å². The number of ether oxygens (including phenoxy) is 1. The molecule has 0 aliphatic carbocycles. The Labute approximate surface area is 76.0 Å². The molecule has 1 N–H and O–H groups in total. The minimum absolute atomic E-state index is 0.0489. The molecule has 2 heterocycles. The predicted octanol–water partition coefficient (Wildman–Crippen LogP) is -0.283. The van der Waals surface area contributed by atoms with Crippen LogP contribution in [-0.4, -0.2) is 42.6 Å². The lowest BCUT2D eigenvalue weighted by atomic mass is 10.2. The number of hydrogen-bond acceptors (Lipinski definition) is 3. The van der Waals surface area contributed by atoms with Crippen LogP contribution in [0.15, 0.2) is 0 Å². The van der Waals surface area contributed by atoms with Gasteiger partial charge in [0.25, 0.3) is 0 Å². The Balaban J connectivity index is 1.92. The van der Waals surface area contributed by atoms with Gasteiger partial charge in [0, 0.05) is 6.61 Å². The standard InChI is InChI=1S/C8H12N2O3/c11-7-4-9-8(12)10(7)5-6-2-1-3-13-6/h6H,1-5H2,(H,9,12). The van der Waals surface area contributed by atoms with Gasteiger partial charge in [-0.2, -0.15) is 0 Å². The second-order valence-corrected chi connectivity index (χ2v) is 3.30. The fourth-order valence-electron chi connectivity index (χ4n) is 1.63. The fraction of sp³-hybridized carbons (Fsp3) is 0.750. The topological polar surface area (TPSA) is 58.6 Å². The van der Waals surface area contributed by atoms with Gasteiger partial charge in [-0.25, -0.2) is 4.79 Å². The van der Waals surface area contributed by atoms with Crippen molar-refractivity contribution >= 4 is 11.9 Å². The van der Waals surface area contributed by atoms with Crippen LogP contribution < -0.4 is 5.32 Å². The molecule has 0 spiro atoms. The maximum Gasteiger partial charge on any atom is 0.324 e. The number of amides is 3. The van der Waals surface area contributed by atoms with Crippen LogP contribution in [0.25, 0.3) is 0 Å². The molecule has 0 aromatic heterocycles. The highest BCUT2D eigenvalue weighted by Gasteiger charge is 2.31. The number of nitrogens with one attached hydrogen (secondary N) is 1. The first-order valence-electron chi connectivity index (χ1n) is 4.47. The quantitative estimate of drug-likeness (QED) is 0.600. The van der Waals surface area contributed by atoms with Crippen LogP contribution in [-0.2, 0) is 9.53 Å². The molecule has 0 aromatic rings. The van der Waals surface area contributed by atoms with Crippen molar-refractivity contribution in [1.29, 1.82) is 0 Å². The summed E-state index contributed by atoms with van der Waals surface area (Å²) in [5.74, 6) is -0.152. The molecular formula is C8H12N2O3. The van der Waals surface area contributed by atoms with Crippen molar-refractivity contribution in [2.75, 3.05) is 19.7 Å². The lowest BCUT2D eigenvalue weighted by Crippen LogP contribution is -2.37. The van der Waals surface area contributed by atoms with Crippen molar-refractivity contribution in [2.45, 2.75) is 18.9 Å². The van der Waals surface area contributed by atoms with Gasteiger partial charge < -0.3 is 10.1 Å². The zero-order valence-corrected chi connectivity index (χ0v) is 7.28. The van der Waals surface area contributed by atoms with Crippen molar-refractivity contribution in [3.8, 4) is 0 Å². The van der Waals surface area contributed by atoms with Crippen molar-refractivity contribution in [1.82, 2.24) is 10.2 Å². The van der Waals surface area contributed by atoms with Gasteiger partial charge in [0.05, 0.1) is 19.2 Å². The first kappa shape index (κ1) is 8.50. The third-order valence-electron chi connectivity index (χ3n) is 2.35. The third-order valence-corrected chi connectivity index (χ3v) is 2.35. The van der Waals surface area contributed by atoms with Gasteiger partial charge in [-0.1, -0.05) is 0 Å². The maximum absolute atomic E-state index is 11.2. The summed E-state index contributed by atoms with van der Waals surface area (Å²) in [5, 5.41) is 2.48. The van der Waals surface area contributed by atoms with Gasteiger partial charge in [-0.15, -0.1) is 0 Å². The minimum Gasteiger partial charge on any atom is -0.376 e. The van der Waals surface area contributed by atoms with E-state index in [2.05, 4.69) is 5.32 Å². The van der Waals surface area contributed by atoms with Gasteiger partial charge in [0.1, 0.15) is 0 Å². The van der Waals surface area contributed by atoms with Crippen LogP contribution in [0.4, 0.5) is 4.79 Å². The minimum atomic E-state index is -0.291. The van der Waals surface area contributed by atoms with E-state index in [1.165, 1.54) is 4.90 Å². The number of carbonyl (C=O) groups is 2. The van der Waals surface area contributed by atoms with Crippen LogP contribution in [0.1, 0.15) is 12.8 Å². The summed E-state index contributed by atoms with van der Waals surface area (Å²) in [6, 6.07) is -0.291. The van der Waals surface area contributed by atoms with Gasteiger partial charge in [0.2, 0.25) is 5.91 Å². The molecule has 2 saturated heterocycles. The Morgan fingerprint density at radius 3 is 2.92 bits per heavy atom. The monoisotopic (exact) mass is 184 g/mol. The van der Waals surface area contributed by atoms with E-state index >= 15 is 0 Å². The Bertz CT molecular complexity index is 220. The summed E-state index contributed by atoms with van der Waals surface area (Å²) >= 11 is 0. The number of urea groups is 1. The van der Waals surface area contributed by atoms with Crippen molar-refractivity contribution in [3.63, 3.8) is 0 Å². The van der Waals surface area contributed by atoms with Gasteiger partial charge in [-0.05, 0) is 12.8 Å². The summed E-state index contributed by atoms with van der Waals surface area (Å²) in [4.78, 5) is 23.5. The summed E-state index contributed by atoms with van der Waals surface area (Å²) < 4.78 is 5.34. The van der Waals surface area contributed by atoms with Gasteiger partial charge in [0.15, 0.2) is 0 Å². The molecular weight excluding hydrogens is 172 g/mol. The molecule has 1 unspecified atom stereocenters. The number of carbonyl (C=O) groups excluding carboxylic acids is 2. The molecule has 0 aromatic carbocycles. The second kappa shape index (κ2) is 3.33. The van der Waals surface area contributed by atoms with Crippen molar-refractivity contribution in [2.24, 2.45) is 0 Å². The first-order chi connectivity index (χ1) is 6.27. The molecule has 2 aliphatic heterocycles. The number of imide groups is 1. The number of hydrogen-bond donors (Lipinski definition) is 1. The molecule has 1 atom stereocenters. The molecule has 0 bridgehead atoms. The summed E-state index contributed by atoms with van der Waals surface area (Å²) in [6.45, 7) is 1.28. The highest BCUT2D eigenvalue weighted by Crippen LogP contribution is 2.14. The molecule has 2 fully saturated rings.